The summed E-state index contributed by atoms with van der Waals surface area (Å²) in [6.07, 6.45) is 0.615. The molecule has 0 spiro atoms. The SMILES string of the molecule is CN(C)C(=O)c1ccccc1C#Cc1ccccc1NC=O. The third-order valence-corrected chi connectivity index (χ3v) is 3.04. The molecule has 0 aliphatic heterocycles. The fourth-order valence-corrected chi connectivity index (χ4v) is 1.94. The summed E-state index contributed by atoms with van der Waals surface area (Å²) < 4.78 is 0. The van der Waals surface area contributed by atoms with Gasteiger partial charge in [0.2, 0.25) is 6.41 Å². The molecule has 0 unspecified atom stereocenters. The third-order valence-electron chi connectivity index (χ3n) is 3.04. The van der Waals surface area contributed by atoms with Crippen LogP contribution in [0.2, 0.25) is 0 Å². The number of carbonyl (C=O) groups is 2. The summed E-state index contributed by atoms with van der Waals surface area (Å²) in [6.45, 7) is 0. The van der Waals surface area contributed by atoms with Gasteiger partial charge in [-0.25, -0.2) is 0 Å². The van der Waals surface area contributed by atoms with Crippen LogP contribution in [0.1, 0.15) is 21.5 Å². The van der Waals surface area contributed by atoms with Crippen molar-refractivity contribution in [3.05, 3.63) is 65.2 Å². The number of para-hydroxylation sites is 1. The van der Waals surface area contributed by atoms with E-state index in [9.17, 15) is 9.59 Å². The predicted molar refractivity (Wildman–Crippen MR) is 86.6 cm³/mol. The molecule has 2 rings (SSSR count). The van der Waals surface area contributed by atoms with Crippen molar-refractivity contribution in [2.45, 2.75) is 0 Å². The van der Waals surface area contributed by atoms with E-state index in [0.717, 1.165) is 0 Å². The summed E-state index contributed by atoms with van der Waals surface area (Å²) in [6, 6.07) is 14.5. The number of hydrogen-bond donors (Lipinski definition) is 1. The normalized spacial score (nSPS) is 9.36. The van der Waals surface area contributed by atoms with Gasteiger partial charge in [-0.2, -0.15) is 0 Å². The Kier molecular flexibility index (Phi) is 4.94. The van der Waals surface area contributed by atoms with Crippen molar-refractivity contribution in [3.8, 4) is 11.8 Å². The zero-order valence-corrected chi connectivity index (χ0v) is 12.5. The van der Waals surface area contributed by atoms with E-state index in [2.05, 4.69) is 17.2 Å². The van der Waals surface area contributed by atoms with E-state index in [0.29, 0.717) is 28.8 Å². The summed E-state index contributed by atoms with van der Waals surface area (Å²) in [5.41, 5.74) is 2.55. The van der Waals surface area contributed by atoms with E-state index in [4.69, 9.17) is 0 Å². The Morgan fingerprint density at radius 1 is 1.00 bits per heavy atom. The maximum absolute atomic E-state index is 12.1. The molecule has 4 nitrogen and oxygen atoms in total. The first kappa shape index (κ1) is 15.3. The fraction of sp³-hybridized carbons (Fsp3) is 0.111. The standard InChI is InChI=1S/C18H16N2O2/c1-20(2)18(22)16-9-5-3-7-14(16)11-12-15-8-4-6-10-17(15)19-13-21/h3-10,13H,1-2H3,(H,19,21). The first-order valence-electron chi connectivity index (χ1n) is 6.75. The van der Waals surface area contributed by atoms with Crippen molar-refractivity contribution in [1.82, 2.24) is 4.90 Å². The molecular formula is C18H16N2O2. The Morgan fingerprint density at radius 2 is 1.59 bits per heavy atom. The fourth-order valence-electron chi connectivity index (χ4n) is 1.94. The van der Waals surface area contributed by atoms with Gasteiger partial charge in [0, 0.05) is 25.2 Å². The molecule has 0 bridgehead atoms. The summed E-state index contributed by atoms with van der Waals surface area (Å²) in [5, 5.41) is 2.61. The maximum Gasteiger partial charge on any atom is 0.254 e. The Labute approximate surface area is 129 Å². The molecular weight excluding hydrogens is 276 g/mol. The van der Waals surface area contributed by atoms with Crippen LogP contribution < -0.4 is 5.32 Å². The number of benzene rings is 2. The molecule has 0 saturated carbocycles. The lowest BCUT2D eigenvalue weighted by Crippen LogP contribution is -2.22. The number of hydrogen-bond acceptors (Lipinski definition) is 2. The van der Waals surface area contributed by atoms with Crippen LogP contribution in [0.25, 0.3) is 0 Å². The number of nitrogens with one attached hydrogen (secondary N) is 1. The van der Waals surface area contributed by atoms with Crippen LogP contribution in [0, 0.1) is 11.8 Å². The number of amides is 2. The largest absolute Gasteiger partial charge is 0.345 e. The molecule has 0 aromatic heterocycles. The average molecular weight is 292 g/mol. The maximum atomic E-state index is 12.1. The first-order chi connectivity index (χ1) is 10.6. The molecule has 22 heavy (non-hydrogen) atoms. The summed E-state index contributed by atoms with van der Waals surface area (Å²) in [4.78, 5) is 24.3. The molecule has 0 aliphatic rings. The van der Waals surface area contributed by atoms with Gasteiger partial charge in [0.15, 0.2) is 0 Å². The van der Waals surface area contributed by atoms with Crippen LogP contribution in [0.15, 0.2) is 48.5 Å². The van der Waals surface area contributed by atoms with Crippen LogP contribution in [-0.4, -0.2) is 31.3 Å². The van der Waals surface area contributed by atoms with Crippen LogP contribution >= 0.6 is 0 Å². The van der Waals surface area contributed by atoms with Gasteiger partial charge in [0.1, 0.15) is 0 Å². The molecule has 0 fully saturated rings. The topological polar surface area (TPSA) is 49.4 Å². The molecule has 0 aliphatic carbocycles. The lowest BCUT2D eigenvalue weighted by atomic mass is 10.1. The zero-order valence-electron chi connectivity index (χ0n) is 12.5. The predicted octanol–water partition coefficient (Wildman–Crippen LogP) is 2.36. The van der Waals surface area contributed by atoms with Gasteiger partial charge in [-0.3, -0.25) is 9.59 Å². The van der Waals surface area contributed by atoms with Gasteiger partial charge in [-0.05, 0) is 24.3 Å². The van der Waals surface area contributed by atoms with Crippen LogP contribution in [0.4, 0.5) is 5.69 Å². The van der Waals surface area contributed by atoms with Gasteiger partial charge in [0.25, 0.3) is 5.91 Å². The van der Waals surface area contributed by atoms with Crippen molar-refractivity contribution < 1.29 is 9.59 Å². The van der Waals surface area contributed by atoms with Crippen molar-refractivity contribution in [2.24, 2.45) is 0 Å². The molecule has 0 atom stereocenters. The summed E-state index contributed by atoms with van der Waals surface area (Å²) in [5.74, 6) is 5.92. The Hall–Kier alpha value is -3.06. The molecule has 2 amide bonds. The van der Waals surface area contributed by atoms with Gasteiger partial charge in [-0.15, -0.1) is 0 Å². The van der Waals surface area contributed by atoms with Crippen LogP contribution in [0.5, 0.6) is 0 Å². The van der Waals surface area contributed by atoms with Crippen LogP contribution in [0.3, 0.4) is 0 Å². The molecule has 2 aromatic carbocycles. The summed E-state index contributed by atoms with van der Waals surface area (Å²) in [7, 11) is 3.41. The Morgan fingerprint density at radius 3 is 2.27 bits per heavy atom. The van der Waals surface area contributed by atoms with E-state index >= 15 is 0 Å². The Bertz CT molecular complexity index is 755. The highest BCUT2D eigenvalue weighted by molar-refractivity contribution is 5.96. The first-order valence-corrected chi connectivity index (χ1v) is 6.75. The van der Waals surface area contributed by atoms with Crippen molar-refractivity contribution in [2.75, 3.05) is 19.4 Å². The van der Waals surface area contributed by atoms with E-state index in [1.807, 2.05) is 30.3 Å². The zero-order chi connectivity index (χ0) is 15.9. The highest BCUT2D eigenvalue weighted by Gasteiger charge is 2.11. The van der Waals surface area contributed by atoms with Crippen molar-refractivity contribution >= 4 is 18.0 Å². The summed E-state index contributed by atoms with van der Waals surface area (Å²) >= 11 is 0. The van der Waals surface area contributed by atoms with Gasteiger partial charge in [-0.1, -0.05) is 36.1 Å². The second kappa shape index (κ2) is 7.09. The average Bonchev–Trinajstić information content (AvgIpc) is 2.54. The monoisotopic (exact) mass is 292 g/mol. The second-order valence-electron chi connectivity index (χ2n) is 4.80. The molecule has 0 heterocycles. The van der Waals surface area contributed by atoms with Crippen molar-refractivity contribution in [1.29, 1.82) is 0 Å². The molecule has 1 N–H and O–H groups in total. The lowest BCUT2D eigenvalue weighted by molar-refractivity contribution is -0.105. The number of carbonyl (C=O) groups excluding carboxylic acids is 2. The quantitative estimate of drug-likeness (QED) is 0.697. The highest BCUT2D eigenvalue weighted by Crippen LogP contribution is 2.14. The second-order valence-corrected chi connectivity index (χ2v) is 4.80. The molecule has 0 saturated heterocycles. The van der Waals surface area contributed by atoms with E-state index in [1.165, 1.54) is 4.90 Å². The van der Waals surface area contributed by atoms with Gasteiger partial charge < -0.3 is 10.2 Å². The smallest absolute Gasteiger partial charge is 0.254 e. The molecule has 0 radical (unpaired) electrons. The van der Waals surface area contributed by atoms with Crippen LogP contribution in [-0.2, 0) is 4.79 Å². The van der Waals surface area contributed by atoms with E-state index in [1.54, 1.807) is 32.3 Å². The molecule has 4 heteroatoms. The van der Waals surface area contributed by atoms with E-state index < -0.39 is 0 Å². The van der Waals surface area contributed by atoms with Gasteiger partial charge in [0.05, 0.1) is 11.3 Å². The molecule has 110 valence electrons. The number of nitrogens with zero attached hydrogens (tertiary/aromatic N) is 1. The minimum atomic E-state index is -0.0933. The number of anilines is 1. The lowest BCUT2D eigenvalue weighted by Gasteiger charge is -2.11. The van der Waals surface area contributed by atoms with Crippen molar-refractivity contribution in [3.63, 3.8) is 0 Å². The third kappa shape index (κ3) is 3.53. The van der Waals surface area contributed by atoms with Gasteiger partial charge >= 0.3 is 0 Å². The molecule has 2 aromatic rings. The highest BCUT2D eigenvalue weighted by atomic mass is 16.2. The Balaban J connectivity index is 2.41. The minimum absolute atomic E-state index is 0.0933. The number of rotatable bonds is 3. The minimum Gasteiger partial charge on any atom is -0.345 e. The van der Waals surface area contributed by atoms with E-state index in [-0.39, 0.29) is 5.91 Å².